The van der Waals surface area contributed by atoms with Crippen LogP contribution in [0.1, 0.15) is 37.8 Å². The van der Waals surface area contributed by atoms with Crippen molar-refractivity contribution in [3.8, 4) is 0 Å². The van der Waals surface area contributed by atoms with E-state index in [4.69, 9.17) is 0 Å². The van der Waals surface area contributed by atoms with Crippen LogP contribution in [0.25, 0.3) is 0 Å². The number of carbonyl (C=O) groups is 3. The first-order valence-corrected chi connectivity index (χ1v) is 12.8. The molecule has 3 aliphatic rings. The molecule has 1 aromatic carbocycles. The summed E-state index contributed by atoms with van der Waals surface area (Å²) in [5, 5.41) is 20.1. The van der Waals surface area contributed by atoms with E-state index >= 15 is 0 Å². The number of benzene rings is 1. The quantitative estimate of drug-likeness (QED) is 0.548. The van der Waals surface area contributed by atoms with Gasteiger partial charge in [0.15, 0.2) is 0 Å². The third kappa shape index (κ3) is 3.49. The molecule has 3 aliphatic heterocycles. The zero-order valence-corrected chi connectivity index (χ0v) is 21.0. The van der Waals surface area contributed by atoms with Gasteiger partial charge in [-0.1, -0.05) is 38.1 Å². The highest BCUT2D eigenvalue weighted by molar-refractivity contribution is 8.02. The molecule has 6 atom stereocenters. The number of carboxylic acids is 1. The second-order valence-corrected chi connectivity index (χ2v) is 11.7. The fraction of sp³-hybridized carbons (Fsp3) is 0.577. The number of anilines is 1. The van der Waals surface area contributed by atoms with Gasteiger partial charge >= 0.3 is 5.97 Å². The summed E-state index contributed by atoms with van der Waals surface area (Å²) in [6.45, 7) is 11.6. The lowest BCUT2D eigenvalue weighted by atomic mass is 9.71. The van der Waals surface area contributed by atoms with Gasteiger partial charge in [0.1, 0.15) is 6.04 Å². The molecule has 3 fully saturated rings. The van der Waals surface area contributed by atoms with Crippen molar-refractivity contribution in [1.82, 2.24) is 4.90 Å². The third-order valence-corrected chi connectivity index (χ3v) is 9.81. The predicted octanol–water partition coefficient (Wildman–Crippen LogP) is 3.02. The normalized spacial score (nSPS) is 30.5. The van der Waals surface area contributed by atoms with Gasteiger partial charge in [0, 0.05) is 17.5 Å². The number of thioether (sulfide) groups is 1. The molecular formula is C26H34N2O5S. The molecule has 4 rings (SSSR count). The number of hydrogen-bond acceptors (Lipinski definition) is 5. The number of aliphatic carboxylic acids is 1. The first-order chi connectivity index (χ1) is 16.1. The van der Waals surface area contributed by atoms with Crippen LogP contribution in [-0.4, -0.2) is 68.1 Å². The van der Waals surface area contributed by atoms with Crippen molar-refractivity contribution in [3.63, 3.8) is 0 Å². The van der Waals surface area contributed by atoms with Crippen molar-refractivity contribution >= 4 is 35.2 Å². The van der Waals surface area contributed by atoms with E-state index in [1.54, 1.807) is 15.9 Å². The zero-order chi connectivity index (χ0) is 24.9. The average Bonchev–Trinajstić information content (AvgIpc) is 3.41. The molecule has 3 saturated heterocycles. The summed E-state index contributed by atoms with van der Waals surface area (Å²) in [5.41, 5.74) is 2.67. The molecule has 184 valence electrons. The van der Waals surface area contributed by atoms with E-state index in [0.29, 0.717) is 12.8 Å². The van der Waals surface area contributed by atoms with Crippen molar-refractivity contribution in [2.75, 3.05) is 18.1 Å². The van der Waals surface area contributed by atoms with Crippen LogP contribution in [0, 0.1) is 31.6 Å². The zero-order valence-electron chi connectivity index (χ0n) is 20.2. The van der Waals surface area contributed by atoms with Crippen LogP contribution < -0.4 is 4.90 Å². The number of aryl methyl sites for hydroxylation is 2. The Bertz CT molecular complexity index is 1010. The molecule has 0 aromatic heterocycles. The molecule has 0 aliphatic carbocycles. The third-order valence-electron chi connectivity index (χ3n) is 7.86. The largest absolute Gasteiger partial charge is 0.481 e. The van der Waals surface area contributed by atoms with Gasteiger partial charge in [-0.15, -0.1) is 18.3 Å². The maximum absolute atomic E-state index is 14.5. The number of fused-ring (bicyclic) bond motifs is 1. The number of hydrogen-bond donors (Lipinski definition) is 2. The van der Waals surface area contributed by atoms with Crippen LogP contribution in [0.15, 0.2) is 30.9 Å². The topological polar surface area (TPSA) is 98.2 Å². The van der Waals surface area contributed by atoms with Gasteiger partial charge in [0.2, 0.25) is 5.91 Å². The number of nitrogens with zero attached hydrogens (tertiary/aromatic N) is 2. The van der Waals surface area contributed by atoms with E-state index < -0.39 is 34.6 Å². The molecular weight excluding hydrogens is 452 g/mol. The molecule has 3 heterocycles. The van der Waals surface area contributed by atoms with Crippen molar-refractivity contribution in [2.24, 2.45) is 17.8 Å². The second kappa shape index (κ2) is 9.04. The lowest BCUT2D eigenvalue weighted by Crippen LogP contribution is -2.58. The fourth-order valence-electron chi connectivity index (χ4n) is 6.43. The Morgan fingerprint density at radius 2 is 1.97 bits per heavy atom. The number of carboxylic acid groups (broad SMARTS) is 1. The summed E-state index contributed by atoms with van der Waals surface area (Å²) < 4.78 is -0.805. The molecule has 2 unspecified atom stereocenters. The summed E-state index contributed by atoms with van der Waals surface area (Å²) in [7, 11) is 0. The minimum atomic E-state index is -0.978. The van der Waals surface area contributed by atoms with Gasteiger partial charge in [-0.2, -0.15) is 0 Å². The average molecular weight is 487 g/mol. The van der Waals surface area contributed by atoms with E-state index in [1.165, 1.54) is 11.8 Å². The van der Waals surface area contributed by atoms with Gasteiger partial charge in [0.05, 0.1) is 29.2 Å². The molecule has 2 bridgehead atoms. The molecule has 34 heavy (non-hydrogen) atoms. The van der Waals surface area contributed by atoms with Gasteiger partial charge in [-0.05, 0) is 43.7 Å². The number of para-hydroxylation sites is 1. The van der Waals surface area contributed by atoms with Gasteiger partial charge in [-0.25, -0.2) is 0 Å². The van der Waals surface area contributed by atoms with E-state index in [0.717, 1.165) is 16.8 Å². The minimum Gasteiger partial charge on any atom is -0.481 e. The molecule has 1 aromatic rings. The van der Waals surface area contributed by atoms with Crippen molar-refractivity contribution in [2.45, 2.75) is 62.6 Å². The Labute approximate surface area is 205 Å². The van der Waals surface area contributed by atoms with Gasteiger partial charge < -0.3 is 20.0 Å². The van der Waals surface area contributed by atoms with Crippen LogP contribution in [0.5, 0.6) is 0 Å². The summed E-state index contributed by atoms with van der Waals surface area (Å²) in [6.07, 6.45) is 2.95. The number of rotatable bonds is 8. The highest BCUT2D eigenvalue weighted by atomic mass is 32.2. The van der Waals surface area contributed by atoms with Crippen molar-refractivity contribution in [1.29, 1.82) is 0 Å². The number of aliphatic hydroxyl groups is 1. The van der Waals surface area contributed by atoms with Crippen LogP contribution in [0.2, 0.25) is 0 Å². The Kier molecular flexibility index (Phi) is 6.59. The number of amides is 2. The van der Waals surface area contributed by atoms with E-state index in [2.05, 4.69) is 6.58 Å². The Morgan fingerprint density at radius 3 is 2.50 bits per heavy atom. The molecule has 2 amide bonds. The predicted molar refractivity (Wildman–Crippen MR) is 133 cm³/mol. The van der Waals surface area contributed by atoms with Crippen LogP contribution in [0.3, 0.4) is 0 Å². The van der Waals surface area contributed by atoms with Crippen LogP contribution in [-0.2, 0) is 14.4 Å². The highest BCUT2D eigenvalue weighted by Gasteiger charge is 2.74. The van der Waals surface area contributed by atoms with E-state index in [9.17, 15) is 24.6 Å². The Balaban J connectivity index is 1.88. The maximum atomic E-state index is 14.5. The first kappa shape index (κ1) is 24.8. The van der Waals surface area contributed by atoms with Crippen molar-refractivity contribution < 1.29 is 24.6 Å². The number of carbonyl (C=O) groups excluding carboxylic acids is 2. The molecule has 0 saturated carbocycles. The fourth-order valence-corrected chi connectivity index (χ4v) is 8.62. The minimum absolute atomic E-state index is 0.0991. The molecule has 2 N–H and O–H groups in total. The Hall–Kier alpha value is -2.32. The summed E-state index contributed by atoms with van der Waals surface area (Å²) in [6, 6.07) is 4.43. The summed E-state index contributed by atoms with van der Waals surface area (Å²) in [5.74, 6) is -3.20. The van der Waals surface area contributed by atoms with Gasteiger partial charge in [0.25, 0.3) is 5.91 Å². The highest BCUT2D eigenvalue weighted by Crippen LogP contribution is 2.67. The van der Waals surface area contributed by atoms with Crippen LogP contribution in [0.4, 0.5) is 5.69 Å². The standard InChI is InChI=1S/C26H34N2O5S/c1-6-12-27(21-15(4)8-7-9-16(21)5)24(31)22-26-11-10-18(34-26)19(25(32)33)20(26)23(30)28(22)17(13-29)14(2)3/h6-9,14,17-20,22,29H,1,10-13H2,2-5H3,(H,32,33)/t17-,18+,19-,20-,22?,26?/m0/s1. The Morgan fingerprint density at radius 1 is 1.32 bits per heavy atom. The SMILES string of the molecule is C=CCN(C(=O)C1N([C@@H](CO)C(C)C)C(=O)[C@@H]2[C@@H](C(=O)O)[C@H]3CCC12S3)c1c(C)cccc1C. The summed E-state index contributed by atoms with van der Waals surface area (Å²) >= 11 is 1.51. The molecule has 7 nitrogen and oxygen atoms in total. The van der Waals surface area contributed by atoms with E-state index in [1.807, 2.05) is 45.9 Å². The second-order valence-electron chi connectivity index (χ2n) is 10.1. The molecule has 0 radical (unpaired) electrons. The number of aliphatic hydroxyl groups excluding tert-OH is 1. The lowest BCUT2D eigenvalue weighted by molar-refractivity contribution is -0.149. The van der Waals surface area contributed by atoms with Gasteiger partial charge in [-0.3, -0.25) is 14.4 Å². The van der Waals surface area contributed by atoms with E-state index in [-0.39, 0.29) is 36.1 Å². The number of likely N-dealkylation sites (tertiary alicyclic amines) is 1. The van der Waals surface area contributed by atoms with Crippen molar-refractivity contribution in [3.05, 3.63) is 42.0 Å². The first-order valence-electron chi connectivity index (χ1n) is 11.9. The smallest absolute Gasteiger partial charge is 0.308 e. The lowest BCUT2D eigenvalue weighted by Gasteiger charge is -2.41. The monoisotopic (exact) mass is 486 g/mol. The molecule has 8 heteroatoms. The molecule has 1 spiro atoms. The van der Waals surface area contributed by atoms with Crippen LogP contribution >= 0.6 is 11.8 Å². The maximum Gasteiger partial charge on any atom is 0.308 e. The summed E-state index contributed by atoms with van der Waals surface area (Å²) in [4.78, 5) is 43.9.